The molecule has 7 heteroatoms. The molecule has 3 aromatic rings. The highest BCUT2D eigenvalue weighted by Crippen LogP contribution is 2.24. The molecule has 0 aliphatic heterocycles. The number of hydrogen-bond donors (Lipinski definition) is 1. The van der Waals surface area contributed by atoms with Gasteiger partial charge in [-0.2, -0.15) is 0 Å². The fourth-order valence-corrected chi connectivity index (χ4v) is 3.19. The molecule has 1 aromatic heterocycles. The fourth-order valence-electron chi connectivity index (χ4n) is 3.19. The maximum Gasteiger partial charge on any atom is 0.339 e. The number of aryl methyl sites for hydroxylation is 1. The summed E-state index contributed by atoms with van der Waals surface area (Å²) in [6, 6.07) is 12.2. The summed E-state index contributed by atoms with van der Waals surface area (Å²) in [7, 11) is 1.52. The van der Waals surface area contributed by atoms with Crippen LogP contribution in [-0.4, -0.2) is 19.0 Å². The summed E-state index contributed by atoms with van der Waals surface area (Å²) in [6.45, 7) is 1.78. The maximum atomic E-state index is 12.4. The molecule has 0 radical (unpaired) electrons. The van der Waals surface area contributed by atoms with E-state index in [4.69, 9.17) is 9.15 Å². The Balaban J connectivity index is 1.77. The van der Waals surface area contributed by atoms with E-state index < -0.39 is 23.5 Å². The number of hydrogen-bond acceptors (Lipinski definition) is 6. The third-order valence-corrected chi connectivity index (χ3v) is 4.77. The summed E-state index contributed by atoms with van der Waals surface area (Å²) >= 11 is 0. The molecule has 1 atom stereocenters. The van der Waals surface area contributed by atoms with E-state index in [2.05, 4.69) is 5.32 Å². The number of rotatable bonds is 7. The Morgan fingerprint density at radius 2 is 1.90 bits per heavy atom. The molecular formula is C22H20NO6-. The van der Waals surface area contributed by atoms with Gasteiger partial charge in [0.15, 0.2) is 0 Å². The zero-order chi connectivity index (χ0) is 21.0. The lowest BCUT2D eigenvalue weighted by molar-refractivity contribution is -0.308. The maximum absolute atomic E-state index is 12.4. The van der Waals surface area contributed by atoms with E-state index >= 15 is 0 Å². The van der Waals surface area contributed by atoms with Gasteiger partial charge >= 0.3 is 5.63 Å². The molecule has 0 saturated heterocycles. The molecule has 0 saturated carbocycles. The summed E-state index contributed by atoms with van der Waals surface area (Å²) in [5.41, 5.74) is 1.38. The second-order valence-electron chi connectivity index (χ2n) is 6.59. The quantitative estimate of drug-likeness (QED) is 0.611. The van der Waals surface area contributed by atoms with Gasteiger partial charge < -0.3 is 24.4 Å². The average molecular weight is 394 g/mol. The molecule has 1 heterocycles. The van der Waals surface area contributed by atoms with Crippen LogP contribution in [0.1, 0.15) is 29.2 Å². The molecule has 29 heavy (non-hydrogen) atoms. The molecule has 0 aliphatic carbocycles. The largest absolute Gasteiger partial charge is 0.548 e. The molecule has 1 amide bonds. The van der Waals surface area contributed by atoms with Crippen molar-refractivity contribution in [1.82, 2.24) is 5.32 Å². The van der Waals surface area contributed by atoms with Crippen molar-refractivity contribution >= 4 is 22.8 Å². The molecule has 7 nitrogen and oxygen atoms in total. The van der Waals surface area contributed by atoms with Crippen LogP contribution in [-0.2, 0) is 16.0 Å². The first-order valence-corrected chi connectivity index (χ1v) is 9.06. The van der Waals surface area contributed by atoms with Gasteiger partial charge in [-0.25, -0.2) is 4.79 Å². The van der Waals surface area contributed by atoms with Crippen molar-refractivity contribution in [1.29, 1.82) is 0 Å². The second kappa shape index (κ2) is 8.60. The molecular weight excluding hydrogens is 374 g/mol. The summed E-state index contributed by atoms with van der Waals surface area (Å²) in [5.74, 6) is -1.34. The molecule has 0 unspecified atom stereocenters. The van der Waals surface area contributed by atoms with Gasteiger partial charge in [0.1, 0.15) is 11.3 Å². The minimum atomic E-state index is -1.40. The van der Waals surface area contributed by atoms with E-state index in [1.165, 1.54) is 7.11 Å². The first kappa shape index (κ1) is 20.1. The number of carboxylic acid groups (broad SMARTS) is 1. The number of amides is 1. The normalized spacial score (nSPS) is 11.8. The molecule has 3 rings (SSSR count). The first-order valence-electron chi connectivity index (χ1n) is 9.06. The second-order valence-corrected chi connectivity index (χ2v) is 6.59. The summed E-state index contributed by atoms with van der Waals surface area (Å²) in [4.78, 5) is 36.1. The van der Waals surface area contributed by atoms with Crippen molar-refractivity contribution < 1.29 is 23.8 Å². The predicted molar refractivity (Wildman–Crippen MR) is 104 cm³/mol. The lowest BCUT2D eigenvalue weighted by Gasteiger charge is -2.20. The van der Waals surface area contributed by atoms with E-state index in [-0.39, 0.29) is 12.8 Å². The number of methoxy groups -OCH3 is 1. The first-order chi connectivity index (χ1) is 13.9. The van der Waals surface area contributed by atoms with Crippen LogP contribution in [0.2, 0.25) is 0 Å². The van der Waals surface area contributed by atoms with Gasteiger partial charge in [-0.1, -0.05) is 30.3 Å². The van der Waals surface area contributed by atoms with E-state index in [0.29, 0.717) is 28.0 Å². The average Bonchev–Trinajstić information content (AvgIpc) is 2.71. The van der Waals surface area contributed by atoms with Crippen LogP contribution < -0.4 is 20.8 Å². The van der Waals surface area contributed by atoms with Crippen LogP contribution in [0.5, 0.6) is 5.75 Å². The van der Waals surface area contributed by atoms with Crippen LogP contribution in [0.15, 0.2) is 57.7 Å². The summed E-state index contributed by atoms with van der Waals surface area (Å²) in [5, 5.41) is 14.6. The Morgan fingerprint density at radius 3 is 2.55 bits per heavy atom. The van der Waals surface area contributed by atoms with E-state index in [0.717, 1.165) is 5.39 Å². The minimum absolute atomic E-state index is 0.0656. The molecule has 1 N–H and O–H groups in total. The Bertz CT molecular complexity index is 1100. The SMILES string of the molecule is COc1ccc2c(C)c(CCC(=O)N[C@H](C(=O)[O-])c3ccccc3)c(=O)oc2c1. The number of aliphatic carboxylic acids is 1. The molecule has 0 spiro atoms. The van der Waals surface area contributed by atoms with Gasteiger partial charge in [0.05, 0.1) is 19.1 Å². The Hall–Kier alpha value is -3.61. The van der Waals surface area contributed by atoms with E-state index in [1.54, 1.807) is 55.5 Å². The van der Waals surface area contributed by atoms with Gasteiger partial charge in [0.2, 0.25) is 5.91 Å². The number of nitrogens with one attached hydrogen (secondary N) is 1. The van der Waals surface area contributed by atoms with Gasteiger partial charge in [0, 0.05) is 23.4 Å². The number of ether oxygens (including phenoxy) is 1. The highest BCUT2D eigenvalue weighted by atomic mass is 16.5. The van der Waals surface area contributed by atoms with Crippen molar-refractivity contribution in [3.8, 4) is 5.75 Å². The van der Waals surface area contributed by atoms with Gasteiger partial charge in [-0.15, -0.1) is 0 Å². The van der Waals surface area contributed by atoms with Crippen LogP contribution in [0.4, 0.5) is 0 Å². The van der Waals surface area contributed by atoms with E-state index in [9.17, 15) is 19.5 Å². The van der Waals surface area contributed by atoms with Crippen LogP contribution in [0.25, 0.3) is 11.0 Å². The molecule has 0 fully saturated rings. The molecule has 0 aliphatic rings. The number of fused-ring (bicyclic) bond motifs is 1. The van der Waals surface area contributed by atoms with Crippen LogP contribution in [0.3, 0.4) is 0 Å². The highest BCUT2D eigenvalue weighted by molar-refractivity contribution is 5.85. The lowest BCUT2D eigenvalue weighted by Crippen LogP contribution is -2.41. The molecule has 150 valence electrons. The Labute approximate surface area is 166 Å². The third kappa shape index (κ3) is 4.45. The van der Waals surface area contributed by atoms with Gasteiger partial charge in [0.25, 0.3) is 0 Å². The molecule has 2 aromatic carbocycles. The van der Waals surface area contributed by atoms with Gasteiger partial charge in [-0.3, -0.25) is 4.79 Å². The zero-order valence-corrected chi connectivity index (χ0v) is 16.1. The topological polar surface area (TPSA) is 109 Å². The van der Waals surface area contributed by atoms with Crippen LogP contribution >= 0.6 is 0 Å². The highest BCUT2D eigenvalue weighted by Gasteiger charge is 2.17. The fraction of sp³-hybridized carbons (Fsp3) is 0.227. The van der Waals surface area contributed by atoms with Crippen molar-refractivity contribution in [2.24, 2.45) is 0 Å². The smallest absolute Gasteiger partial charge is 0.339 e. The number of benzene rings is 2. The monoisotopic (exact) mass is 394 g/mol. The number of carboxylic acids is 1. The lowest BCUT2D eigenvalue weighted by atomic mass is 10.0. The van der Waals surface area contributed by atoms with E-state index in [1.807, 2.05) is 0 Å². The minimum Gasteiger partial charge on any atom is -0.548 e. The van der Waals surface area contributed by atoms with Crippen molar-refractivity contribution in [3.05, 3.63) is 75.6 Å². The predicted octanol–water partition coefficient (Wildman–Crippen LogP) is 1.65. The Kier molecular flexibility index (Phi) is 5.97. The van der Waals surface area contributed by atoms with Gasteiger partial charge in [-0.05, 0) is 36.6 Å². The van der Waals surface area contributed by atoms with Crippen molar-refractivity contribution in [3.63, 3.8) is 0 Å². The van der Waals surface area contributed by atoms with Crippen LogP contribution in [0, 0.1) is 6.92 Å². The number of carbonyl (C=O) groups excluding carboxylic acids is 2. The summed E-state index contributed by atoms with van der Waals surface area (Å²) in [6.07, 6.45) is 0.0560. The standard InChI is InChI=1S/C22H21NO6/c1-13-16-9-8-15(28-2)12-18(16)29-22(27)17(13)10-11-19(24)23-20(21(25)26)14-6-4-3-5-7-14/h3-9,12,20H,10-11H2,1-2H3,(H,23,24)(H,25,26)/p-1/t20-/m0/s1. The van der Waals surface area contributed by atoms with Crippen molar-refractivity contribution in [2.45, 2.75) is 25.8 Å². The summed E-state index contributed by atoms with van der Waals surface area (Å²) < 4.78 is 10.5. The third-order valence-electron chi connectivity index (χ3n) is 4.77. The zero-order valence-electron chi connectivity index (χ0n) is 16.1. The number of carbonyl (C=O) groups is 2. The van der Waals surface area contributed by atoms with Crippen molar-refractivity contribution in [2.75, 3.05) is 7.11 Å². The Morgan fingerprint density at radius 1 is 1.17 bits per heavy atom. The molecule has 0 bridgehead atoms.